The van der Waals surface area contributed by atoms with Crippen LogP contribution in [-0.2, 0) is 4.79 Å². The van der Waals surface area contributed by atoms with Gasteiger partial charge in [0, 0.05) is 55.1 Å². The lowest BCUT2D eigenvalue weighted by atomic mass is 10.1. The molecule has 134 valence electrons. The van der Waals surface area contributed by atoms with Crippen LogP contribution in [0.15, 0.2) is 18.2 Å². The van der Waals surface area contributed by atoms with Gasteiger partial charge < -0.3 is 15.5 Å². The van der Waals surface area contributed by atoms with Crippen molar-refractivity contribution in [2.75, 3.05) is 39.3 Å². The fourth-order valence-corrected chi connectivity index (χ4v) is 3.55. The van der Waals surface area contributed by atoms with E-state index in [0.717, 1.165) is 39.1 Å². The smallest absolute Gasteiger partial charge is 0.223 e. The Bertz CT molecular complexity index is 547. The van der Waals surface area contributed by atoms with Gasteiger partial charge in [0.1, 0.15) is 5.82 Å². The molecule has 1 amide bonds. The number of rotatable bonds is 6. The van der Waals surface area contributed by atoms with E-state index in [-0.39, 0.29) is 36.0 Å². The van der Waals surface area contributed by atoms with Gasteiger partial charge in [-0.2, -0.15) is 0 Å². The topological polar surface area (TPSA) is 44.4 Å². The highest BCUT2D eigenvalue weighted by atomic mass is 35.5. The van der Waals surface area contributed by atoms with E-state index in [2.05, 4.69) is 15.5 Å². The number of piperazine rings is 1. The first-order chi connectivity index (χ1) is 11.2. The van der Waals surface area contributed by atoms with Gasteiger partial charge in [-0.1, -0.05) is 17.7 Å². The molecule has 2 aliphatic rings. The lowest BCUT2D eigenvalue weighted by Crippen LogP contribution is -2.44. The summed E-state index contributed by atoms with van der Waals surface area (Å²) in [6, 6.07) is 4.68. The van der Waals surface area contributed by atoms with Gasteiger partial charge >= 0.3 is 0 Å². The van der Waals surface area contributed by atoms with E-state index >= 15 is 0 Å². The van der Waals surface area contributed by atoms with Crippen molar-refractivity contribution in [2.45, 2.75) is 18.8 Å². The highest BCUT2D eigenvalue weighted by Crippen LogP contribution is 2.50. The molecular formula is C17H24Cl2FN3O. The number of nitrogens with one attached hydrogen (secondary N) is 2. The fourth-order valence-electron chi connectivity index (χ4n) is 3.25. The van der Waals surface area contributed by atoms with E-state index in [1.165, 1.54) is 6.07 Å². The first kappa shape index (κ1) is 19.4. The molecule has 1 saturated heterocycles. The van der Waals surface area contributed by atoms with Crippen LogP contribution in [0.3, 0.4) is 0 Å². The van der Waals surface area contributed by atoms with E-state index in [0.29, 0.717) is 23.6 Å². The quantitative estimate of drug-likeness (QED) is 0.750. The minimum Gasteiger partial charge on any atom is -0.356 e. The average molecular weight is 376 g/mol. The van der Waals surface area contributed by atoms with Crippen LogP contribution in [0.25, 0.3) is 0 Å². The molecule has 1 aromatic rings. The maximum absolute atomic E-state index is 13.9. The number of benzene rings is 1. The van der Waals surface area contributed by atoms with Crippen LogP contribution in [0, 0.1) is 11.7 Å². The van der Waals surface area contributed by atoms with Crippen molar-refractivity contribution in [3.8, 4) is 0 Å². The van der Waals surface area contributed by atoms with Gasteiger partial charge in [0.2, 0.25) is 5.91 Å². The summed E-state index contributed by atoms with van der Waals surface area (Å²) >= 11 is 6.06. The van der Waals surface area contributed by atoms with Crippen molar-refractivity contribution in [1.29, 1.82) is 0 Å². The fraction of sp³-hybridized carbons (Fsp3) is 0.588. The summed E-state index contributed by atoms with van der Waals surface area (Å²) in [6.45, 7) is 5.92. The molecular weight excluding hydrogens is 352 g/mol. The van der Waals surface area contributed by atoms with Gasteiger partial charge in [-0.3, -0.25) is 4.79 Å². The van der Waals surface area contributed by atoms with Crippen LogP contribution in [-0.4, -0.2) is 50.1 Å². The zero-order valence-electron chi connectivity index (χ0n) is 13.6. The highest BCUT2D eigenvalue weighted by Gasteiger charge is 2.46. The third kappa shape index (κ3) is 4.82. The Morgan fingerprint density at radius 3 is 2.83 bits per heavy atom. The maximum atomic E-state index is 13.9. The Hall–Kier alpha value is -0.880. The van der Waals surface area contributed by atoms with Crippen LogP contribution < -0.4 is 10.6 Å². The van der Waals surface area contributed by atoms with Crippen molar-refractivity contribution in [1.82, 2.24) is 15.5 Å². The second kappa shape index (κ2) is 8.99. The molecule has 2 fully saturated rings. The molecule has 3 rings (SSSR count). The van der Waals surface area contributed by atoms with Crippen molar-refractivity contribution in [3.05, 3.63) is 34.6 Å². The SMILES string of the molecule is Cl.O=C(NCCCN1CCNCC1)C1CC1c1c(F)cccc1Cl. The number of carbonyl (C=O) groups is 1. The molecule has 4 nitrogen and oxygen atoms in total. The summed E-state index contributed by atoms with van der Waals surface area (Å²) in [5.74, 6) is -0.494. The zero-order chi connectivity index (χ0) is 16.2. The summed E-state index contributed by atoms with van der Waals surface area (Å²) in [7, 11) is 0. The molecule has 7 heteroatoms. The maximum Gasteiger partial charge on any atom is 0.223 e. The van der Waals surface area contributed by atoms with Crippen molar-refractivity contribution < 1.29 is 9.18 Å². The molecule has 1 aliphatic carbocycles. The summed E-state index contributed by atoms with van der Waals surface area (Å²) in [5.41, 5.74) is 0.495. The summed E-state index contributed by atoms with van der Waals surface area (Å²) in [5, 5.41) is 6.72. The first-order valence-corrected chi connectivity index (χ1v) is 8.69. The molecule has 0 spiro atoms. The molecule has 2 atom stereocenters. The number of amides is 1. The number of halogens is 3. The van der Waals surface area contributed by atoms with E-state index < -0.39 is 0 Å². The molecule has 1 saturated carbocycles. The second-order valence-corrected chi connectivity index (χ2v) is 6.73. The van der Waals surface area contributed by atoms with E-state index in [1.54, 1.807) is 12.1 Å². The predicted molar refractivity (Wildman–Crippen MR) is 96.4 cm³/mol. The van der Waals surface area contributed by atoms with E-state index in [4.69, 9.17) is 11.6 Å². The van der Waals surface area contributed by atoms with Crippen LogP contribution in [0.1, 0.15) is 24.3 Å². The van der Waals surface area contributed by atoms with Crippen molar-refractivity contribution >= 4 is 29.9 Å². The van der Waals surface area contributed by atoms with Crippen molar-refractivity contribution in [2.24, 2.45) is 5.92 Å². The normalized spacial score (nSPS) is 23.4. The third-order valence-corrected chi connectivity index (χ3v) is 4.99. The molecule has 1 aromatic carbocycles. The van der Waals surface area contributed by atoms with Crippen molar-refractivity contribution in [3.63, 3.8) is 0 Å². The Morgan fingerprint density at radius 2 is 2.12 bits per heavy atom. The van der Waals surface area contributed by atoms with Gasteiger partial charge in [0.25, 0.3) is 0 Å². The van der Waals surface area contributed by atoms with Gasteiger partial charge in [-0.05, 0) is 31.5 Å². The standard InChI is InChI=1S/C17H23ClFN3O.ClH/c18-14-3-1-4-15(19)16(14)12-11-13(12)17(23)21-5-2-8-22-9-6-20-7-10-22;/h1,3-4,12-13,20H,2,5-11H2,(H,21,23);1H. The Morgan fingerprint density at radius 1 is 1.38 bits per heavy atom. The molecule has 1 heterocycles. The number of hydrogen-bond acceptors (Lipinski definition) is 3. The average Bonchev–Trinajstić information content (AvgIpc) is 3.33. The Labute approximate surface area is 153 Å². The Kier molecular flexibility index (Phi) is 7.29. The minimum atomic E-state index is -0.309. The summed E-state index contributed by atoms with van der Waals surface area (Å²) in [6.07, 6.45) is 1.63. The largest absolute Gasteiger partial charge is 0.356 e. The second-order valence-electron chi connectivity index (χ2n) is 6.32. The summed E-state index contributed by atoms with van der Waals surface area (Å²) < 4.78 is 13.9. The molecule has 0 aromatic heterocycles. The van der Waals surface area contributed by atoms with Gasteiger partial charge in [-0.25, -0.2) is 4.39 Å². The van der Waals surface area contributed by atoms with Gasteiger partial charge in [0.15, 0.2) is 0 Å². The Balaban J connectivity index is 0.00000208. The van der Waals surface area contributed by atoms with E-state index in [1.807, 2.05) is 0 Å². The number of nitrogens with zero attached hydrogens (tertiary/aromatic N) is 1. The van der Waals surface area contributed by atoms with Crippen LogP contribution in [0.5, 0.6) is 0 Å². The first-order valence-electron chi connectivity index (χ1n) is 8.31. The van der Waals surface area contributed by atoms with Crippen LogP contribution in [0.2, 0.25) is 5.02 Å². The minimum absolute atomic E-state index is 0. The third-order valence-electron chi connectivity index (χ3n) is 4.66. The molecule has 2 N–H and O–H groups in total. The van der Waals surface area contributed by atoms with Crippen LogP contribution in [0.4, 0.5) is 4.39 Å². The lowest BCUT2D eigenvalue weighted by Gasteiger charge is -2.27. The van der Waals surface area contributed by atoms with Gasteiger partial charge in [-0.15, -0.1) is 12.4 Å². The lowest BCUT2D eigenvalue weighted by molar-refractivity contribution is -0.122. The molecule has 0 bridgehead atoms. The molecule has 24 heavy (non-hydrogen) atoms. The monoisotopic (exact) mass is 375 g/mol. The zero-order valence-corrected chi connectivity index (χ0v) is 15.1. The van der Waals surface area contributed by atoms with Gasteiger partial charge in [0.05, 0.1) is 0 Å². The number of hydrogen-bond donors (Lipinski definition) is 2. The van der Waals surface area contributed by atoms with Crippen LogP contribution >= 0.6 is 24.0 Å². The molecule has 2 unspecified atom stereocenters. The molecule has 1 aliphatic heterocycles. The highest BCUT2D eigenvalue weighted by molar-refractivity contribution is 6.31. The predicted octanol–water partition coefficient (Wildman–Crippen LogP) is 2.42. The van der Waals surface area contributed by atoms with E-state index in [9.17, 15) is 9.18 Å². The number of carbonyl (C=O) groups excluding carboxylic acids is 1. The summed E-state index contributed by atoms with van der Waals surface area (Å²) in [4.78, 5) is 14.6. The molecule has 0 radical (unpaired) electrons.